The van der Waals surface area contributed by atoms with Gasteiger partial charge in [-0.1, -0.05) is 34.1 Å². The third-order valence-electron chi connectivity index (χ3n) is 5.76. The summed E-state index contributed by atoms with van der Waals surface area (Å²) in [5, 5.41) is 24.2. The van der Waals surface area contributed by atoms with E-state index in [1.54, 1.807) is 6.92 Å². The number of carboxylic acid groups (broad SMARTS) is 1. The number of aliphatic carboxylic acids is 1. The van der Waals surface area contributed by atoms with Gasteiger partial charge in [0.25, 0.3) is 0 Å². The van der Waals surface area contributed by atoms with Gasteiger partial charge in [-0.15, -0.1) is 0 Å². The second-order valence-corrected chi connectivity index (χ2v) is 8.86. The smallest absolute Gasteiger partial charge is 0.326 e. The normalized spacial score (nSPS) is 21.2. The number of nitrogens with zero attached hydrogens (tertiary/aromatic N) is 1. The van der Waals surface area contributed by atoms with Gasteiger partial charge in [0, 0.05) is 6.54 Å². The molecule has 1 saturated heterocycles. The number of amides is 3. The molecule has 6 N–H and O–H groups in total. The molecule has 1 rings (SSSR count). The minimum absolute atomic E-state index is 0.0775. The van der Waals surface area contributed by atoms with Gasteiger partial charge in [-0.05, 0) is 38.0 Å². The van der Waals surface area contributed by atoms with E-state index in [-0.39, 0.29) is 11.8 Å². The van der Waals surface area contributed by atoms with Crippen LogP contribution in [0.5, 0.6) is 0 Å². The van der Waals surface area contributed by atoms with E-state index in [2.05, 4.69) is 10.6 Å². The van der Waals surface area contributed by atoms with Gasteiger partial charge in [-0.25, -0.2) is 4.79 Å². The predicted octanol–water partition coefficient (Wildman–Crippen LogP) is -0.168. The summed E-state index contributed by atoms with van der Waals surface area (Å²) >= 11 is 0. The van der Waals surface area contributed by atoms with Crippen LogP contribution < -0.4 is 16.4 Å². The molecule has 10 nitrogen and oxygen atoms in total. The summed E-state index contributed by atoms with van der Waals surface area (Å²) in [5.41, 5.74) is 5.69. The lowest BCUT2D eigenvalue weighted by Crippen LogP contribution is -2.58. The largest absolute Gasteiger partial charge is 0.480 e. The molecule has 0 bridgehead atoms. The number of rotatable bonds is 11. The van der Waals surface area contributed by atoms with Crippen molar-refractivity contribution < 1.29 is 29.4 Å². The molecule has 3 amide bonds. The average Bonchev–Trinajstić information content (AvgIpc) is 3.18. The topological polar surface area (TPSA) is 162 Å². The summed E-state index contributed by atoms with van der Waals surface area (Å²) in [6, 6.07) is -3.90. The number of carbonyl (C=O) groups is 4. The van der Waals surface area contributed by atoms with Crippen molar-refractivity contribution >= 4 is 23.7 Å². The molecular formula is C21H38N4O6. The minimum atomic E-state index is -1.17. The zero-order chi connectivity index (χ0) is 23.9. The minimum Gasteiger partial charge on any atom is -0.480 e. The molecular weight excluding hydrogens is 404 g/mol. The predicted molar refractivity (Wildman–Crippen MR) is 115 cm³/mol. The average molecular weight is 443 g/mol. The Kier molecular flexibility index (Phi) is 10.4. The Balaban J connectivity index is 2.99. The number of hydrogen-bond donors (Lipinski definition) is 5. The van der Waals surface area contributed by atoms with Crippen LogP contribution in [0.15, 0.2) is 0 Å². The van der Waals surface area contributed by atoms with Crippen molar-refractivity contribution in [2.24, 2.45) is 17.6 Å². The fourth-order valence-electron chi connectivity index (χ4n) is 3.62. The lowest BCUT2D eigenvalue weighted by Gasteiger charge is -2.31. The van der Waals surface area contributed by atoms with E-state index in [0.29, 0.717) is 32.2 Å². The second-order valence-electron chi connectivity index (χ2n) is 8.86. The molecule has 6 atom stereocenters. The molecule has 6 unspecified atom stereocenters. The van der Waals surface area contributed by atoms with Crippen molar-refractivity contribution in [2.45, 2.75) is 90.6 Å². The standard InChI is InChI=1S/C21H38N4O6/c1-6-12(4)17(21(30)31)24-18(27)15-8-7-9-25(15)20(29)14(10-11(2)3)23-19(28)16(22)13(5)26/h11-17,26H,6-10,22H2,1-5H3,(H,23,28)(H,24,27)(H,30,31). The van der Waals surface area contributed by atoms with Gasteiger partial charge in [0.1, 0.15) is 24.2 Å². The van der Waals surface area contributed by atoms with E-state index in [1.807, 2.05) is 20.8 Å². The molecule has 1 aliphatic rings. The number of aliphatic hydroxyl groups excluding tert-OH is 1. The first-order valence-electron chi connectivity index (χ1n) is 11.0. The summed E-state index contributed by atoms with van der Waals surface area (Å²) in [6.07, 6.45) is 0.859. The summed E-state index contributed by atoms with van der Waals surface area (Å²) < 4.78 is 0. The zero-order valence-electron chi connectivity index (χ0n) is 19.1. The van der Waals surface area contributed by atoms with Crippen LogP contribution in [0.3, 0.4) is 0 Å². The van der Waals surface area contributed by atoms with Crippen molar-refractivity contribution in [3.8, 4) is 0 Å². The number of carbonyl (C=O) groups excluding carboxylic acids is 3. The van der Waals surface area contributed by atoms with Gasteiger partial charge in [-0.3, -0.25) is 14.4 Å². The fourth-order valence-corrected chi connectivity index (χ4v) is 3.62. The summed E-state index contributed by atoms with van der Waals surface area (Å²) in [5.74, 6) is -2.86. The van der Waals surface area contributed by atoms with Crippen LogP contribution >= 0.6 is 0 Å². The van der Waals surface area contributed by atoms with Gasteiger partial charge in [0.05, 0.1) is 6.10 Å². The highest BCUT2D eigenvalue weighted by Crippen LogP contribution is 2.21. The second kappa shape index (κ2) is 12.0. The van der Waals surface area contributed by atoms with Gasteiger partial charge in [0.2, 0.25) is 17.7 Å². The monoisotopic (exact) mass is 442 g/mol. The summed E-state index contributed by atoms with van der Waals surface area (Å²) in [7, 11) is 0. The molecule has 1 fully saturated rings. The fraction of sp³-hybridized carbons (Fsp3) is 0.810. The van der Waals surface area contributed by atoms with Crippen LogP contribution in [0, 0.1) is 11.8 Å². The Labute approximate surface area is 183 Å². The first-order valence-corrected chi connectivity index (χ1v) is 11.0. The molecule has 0 aromatic rings. The molecule has 31 heavy (non-hydrogen) atoms. The number of nitrogens with one attached hydrogen (secondary N) is 2. The molecule has 178 valence electrons. The Bertz CT molecular complexity index is 654. The third-order valence-corrected chi connectivity index (χ3v) is 5.76. The Morgan fingerprint density at radius 2 is 1.74 bits per heavy atom. The Morgan fingerprint density at radius 1 is 1.13 bits per heavy atom. The van der Waals surface area contributed by atoms with E-state index in [4.69, 9.17) is 5.73 Å². The highest BCUT2D eigenvalue weighted by atomic mass is 16.4. The maximum atomic E-state index is 13.2. The van der Waals surface area contributed by atoms with Gasteiger partial charge >= 0.3 is 5.97 Å². The third kappa shape index (κ3) is 7.46. The lowest BCUT2D eigenvalue weighted by molar-refractivity contribution is -0.146. The number of nitrogens with two attached hydrogens (primary N) is 1. The van der Waals surface area contributed by atoms with Crippen LogP contribution in [0.1, 0.15) is 60.3 Å². The van der Waals surface area contributed by atoms with E-state index in [9.17, 15) is 29.4 Å². The van der Waals surface area contributed by atoms with Crippen LogP contribution in [0.4, 0.5) is 0 Å². The highest BCUT2D eigenvalue weighted by molar-refractivity contribution is 5.94. The van der Waals surface area contributed by atoms with E-state index in [1.165, 1.54) is 11.8 Å². The van der Waals surface area contributed by atoms with E-state index >= 15 is 0 Å². The number of carboxylic acids is 1. The summed E-state index contributed by atoms with van der Waals surface area (Å²) in [6.45, 7) is 9.12. The van der Waals surface area contributed by atoms with Crippen LogP contribution in [-0.4, -0.2) is 75.6 Å². The summed E-state index contributed by atoms with van der Waals surface area (Å²) in [4.78, 5) is 51.4. The molecule has 1 heterocycles. The van der Waals surface area contributed by atoms with Gasteiger partial charge < -0.3 is 31.5 Å². The molecule has 0 aromatic carbocycles. The zero-order valence-corrected chi connectivity index (χ0v) is 19.1. The van der Waals surface area contributed by atoms with Crippen molar-refractivity contribution in [1.29, 1.82) is 0 Å². The van der Waals surface area contributed by atoms with Gasteiger partial charge in [0.15, 0.2) is 0 Å². The van der Waals surface area contributed by atoms with E-state index in [0.717, 1.165) is 0 Å². The quantitative estimate of drug-likeness (QED) is 0.297. The van der Waals surface area contributed by atoms with Crippen LogP contribution in [-0.2, 0) is 19.2 Å². The Morgan fingerprint density at radius 3 is 2.23 bits per heavy atom. The van der Waals surface area contributed by atoms with Crippen LogP contribution in [0.2, 0.25) is 0 Å². The molecule has 1 aliphatic heterocycles. The maximum Gasteiger partial charge on any atom is 0.326 e. The molecule has 0 saturated carbocycles. The van der Waals surface area contributed by atoms with Gasteiger partial charge in [-0.2, -0.15) is 0 Å². The first-order chi connectivity index (χ1) is 14.4. The Hall–Kier alpha value is -2.20. The van der Waals surface area contributed by atoms with E-state index < -0.39 is 54.0 Å². The van der Waals surface area contributed by atoms with Crippen LogP contribution in [0.25, 0.3) is 0 Å². The number of aliphatic hydroxyl groups is 1. The SMILES string of the molecule is CCC(C)C(NC(=O)C1CCCN1C(=O)C(CC(C)C)NC(=O)C(N)C(C)O)C(=O)O. The molecule has 0 aromatic heterocycles. The van der Waals surface area contributed by atoms with Crippen molar-refractivity contribution in [2.75, 3.05) is 6.54 Å². The maximum absolute atomic E-state index is 13.2. The van der Waals surface area contributed by atoms with Crippen molar-refractivity contribution in [1.82, 2.24) is 15.5 Å². The van der Waals surface area contributed by atoms with Crippen molar-refractivity contribution in [3.63, 3.8) is 0 Å². The molecule has 0 radical (unpaired) electrons. The lowest BCUT2D eigenvalue weighted by atomic mass is 9.98. The molecule has 10 heteroatoms. The molecule has 0 spiro atoms. The first kappa shape index (κ1) is 26.8. The van der Waals surface area contributed by atoms with Crippen molar-refractivity contribution in [3.05, 3.63) is 0 Å². The number of hydrogen-bond acceptors (Lipinski definition) is 6. The molecule has 0 aliphatic carbocycles. The number of likely N-dealkylation sites (tertiary alicyclic amines) is 1. The highest BCUT2D eigenvalue weighted by Gasteiger charge is 2.40.